The first-order chi connectivity index (χ1) is 10.1. The number of nitrogens with zero attached hydrogens (tertiary/aromatic N) is 1. The second-order valence-electron chi connectivity index (χ2n) is 4.36. The summed E-state index contributed by atoms with van der Waals surface area (Å²) in [7, 11) is -3.35. The zero-order valence-electron chi connectivity index (χ0n) is 11.4. The first-order valence-electron chi connectivity index (χ1n) is 6.38. The molecule has 0 aliphatic carbocycles. The Morgan fingerprint density at radius 2 is 2.24 bits per heavy atom. The Balaban J connectivity index is 1.71. The van der Waals surface area contributed by atoms with E-state index in [2.05, 4.69) is 9.71 Å². The van der Waals surface area contributed by atoms with Crippen LogP contribution in [-0.4, -0.2) is 32.3 Å². The summed E-state index contributed by atoms with van der Waals surface area (Å²) in [5.41, 5.74) is 8.81. The Bertz CT molecular complexity index is 657. The molecule has 6 nitrogen and oxygen atoms in total. The van der Waals surface area contributed by atoms with Gasteiger partial charge >= 0.3 is 0 Å². The van der Waals surface area contributed by atoms with Crippen molar-refractivity contribution in [2.45, 2.75) is 6.42 Å². The maximum Gasteiger partial charge on any atom is 0.214 e. The molecule has 1 heterocycles. The van der Waals surface area contributed by atoms with Crippen molar-refractivity contribution >= 4 is 27.0 Å². The number of hydrogen-bond acceptors (Lipinski definition) is 6. The molecule has 3 N–H and O–H groups in total. The number of nitrogens with one attached hydrogen (secondary N) is 1. The Hall–Kier alpha value is -1.64. The van der Waals surface area contributed by atoms with Crippen LogP contribution in [-0.2, 0) is 16.4 Å². The molecule has 1 aromatic heterocycles. The predicted octanol–water partition coefficient (Wildman–Crippen LogP) is 1.27. The third-order valence-electron chi connectivity index (χ3n) is 2.67. The van der Waals surface area contributed by atoms with Crippen molar-refractivity contribution < 1.29 is 13.2 Å². The lowest BCUT2D eigenvalue weighted by Gasteiger charge is -2.08. The van der Waals surface area contributed by atoms with Crippen LogP contribution in [0.5, 0.6) is 5.75 Å². The largest absolute Gasteiger partial charge is 0.492 e. The SMILES string of the molecule is Nc1cccc(OCCS(=O)(=O)NCCc2cscn2)c1. The molecule has 2 aromatic rings. The van der Waals surface area contributed by atoms with Gasteiger partial charge in [-0.1, -0.05) is 6.07 Å². The van der Waals surface area contributed by atoms with Gasteiger partial charge in [0.1, 0.15) is 12.4 Å². The van der Waals surface area contributed by atoms with Crippen LogP contribution in [0.15, 0.2) is 35.2 Å². The van der Waals surface area contributed by atoms with E-state index in [9.17, 15) is 8.42 Å². The highest BCUT2D eigenvalue weighted by Gasteiger charge is 2.10. The van der Waals surface area contributed by atoms with Crippen molar-refractivity contribution in [3.63, 3.8) is 0 Å². The number of sulfonamides is 1. The number of ether oxygens (including phenoxy) is 1. The van der Waals surface area contributed by atoms with E-state index in [4.69, 9.17) is 10.5 Å². The van der Waals surface area contributed by atoms with Gasteiger partial charge in [0.05, 0.1) is 17.0 Å². The van der Waals surface area contributed by atoms with Crippen molar-refractivity contribution in [1.82, 2.24) is 9.71 Å². The van der Waals surface area contributed by atoms with E-state index >= 15 is 0 Å². The van der Waals surface area contributed by atoms with Crippen molar-refractivity contribution in [3.8, 4) is 5.75 Å². The van der Waals surface area contributed by atoms with Gasteiger partial charge in [-0.3, -0.25) is 0 Å². The van der Waals surface area contributed by atoms with Crippen molar-refractivity contribution in [2.75, 3.05) is 24.6 Å². The van der Waals surface area contributed by atoms with E-state index in [-0.39, 0.29) is 12.4 Å². The van der Waals surface area contributed by atoms with E-state index in [1.165, 1.54) is 11.3 Å². The predicted molar refractivity (Wildman–Crippen MR) is 84.0 cm³/mol. The van der Waals surface area contributed by atoms with E-state index < -0.39 is 10.0 Å². The summed E-state index contributed by atoms with van der Waals surface area (Å²) in [4.78, 5) is 4.09. The summed E-state index contributed by atoms with van der Waals surface area (Å²) in [6.07, 6.45) is 0.582. The molecular weight excluding hydrogens is 310 g/mol. The van der Waals surface area contributed by atoms with E-state index in [1.54, 1.807) is 29.8 Å². The summed E-state index contributed by atoms with van der Waals surface area (Å²) in [5, 5.41) is 1.90. The minimum atomic E-state index is -3.35. The van der Waals surface area contributed by atoms with Gasteiger partial charge in [-0.05, 0) is 12.1 Å². The van der Waals surface area contributed by atoms with Gasteiger partial charge in [-0.2, -0.15) is 0 Å². The average molecular weight is 327 g/mol. The molecule has 2 rings (SSSR count). The third kappa shape index (κ3) is 5.70. The molecule has 0 radical (unpaired) electrons. The first-order valence-corrected chi connectivity index (χ1v) is 8.97. The van der Waals surface area contributed by atoms with Gasteiger partial charge in [0.25, 0.3) is 0 Å². The summed E-state index contributed by atoms with van der Waals surface area (Å²) in [6.45, 7) is 0.417. The van der Waals surface area contributed by atoms with Crippen LogP contribution in [0.4, 0.5) is 5.69 Å². The number of rotatable bonds is 8. The zero-order chi connectivity index (χ0) is 15.1. The normalized spacial score (nSPS) is 11.4. The fourth-order valence-corrected chi connectivity index (χ4v) is 3.09. The van der Waals surface area contributed by atoms with Crippen LogP contribution in [0.1, 0.15) is 5.69 Å². The molecule has 0 unspecified atom stereocenters. The molecule has 0 bridgehead atoms. The van der Waals surface area contributed by atoms with Gasteiger partial charge < -0.3 is 10.5 Å². The standard InChI is InChI=1S/C13H17N3O3S2/c14-11-2-1-3-13(8-11)19-6-7-21(17,18)16-5-4-12-9-20-10-15-12/h1-3,8-10,16H,4-7,14H2. The average Bonchev–Trinajstić information content (AvgIpc) is 2.91. The van der Waals surface area contributed by atoms with E-state index in [0.717, 1.165) is 5.69 Å². The lowest BCUT2D eigenvalue weighted by Crippen LogP contribution is -2.30. The zero-order valence-corrected chi connectivity index (χ0v) is 13.0. The van der Waals surface area contributed by atoms with E-state index in [0.29, 0.717) is 24.4 Å². The summed E-state index contributed by atoms with van der Waals surface area (Å²) < 4.78 is 31.5. The lowest BCUT2D eigenvalue weighted by atomic mass is 10.3. The fourth-order valence-electron chi connectivity index (χ4n) is 1.64. The number of hydrogen-bond donors (Lipinski definition) is 2. The molecule has 8 heteroatoms. The molecule has 114 valence electrons. The third-order valence-corrected chi connectivity index (χ3v) is 4.65. The molecule has 0 atom stereocenters. The van der Waals surface area contributed by atoms with Crippen LogP contribution in [0.3, 0.4) is 0 Å². The van der Waals surface area contributed by atoms with Gasteiger partial charge in [0.15, 0.2) is 0 Å². The van der Waals surface area contributed by atoms with Crippen LogP contribution in [0.25, 0.3) is 0 Å². The summed E-state index contributed by atoms with van der Waals surface area (Å²) >= 11 is 1.49. The van der Waals surface area contributed by atoms with Gasteiger partial charge in [0, 0.05) is 30.1 Å². The maximum atomic E-state index is 11.8. The minimum absolute atomic E-state index is 0.0789. The van der Waals surface area contributed by atoms with Gasteiger partial charge in [-0.25, -0.2) is 18.1 Å². The number of nitrogen functional groups attached to an aromatic ring is 1. The second kappa shape index (κ2) is 7.39. The number of nitrogens with two attached hydrogens (primary N) is 1. The maximum absolute atomic E-state index is 11.8. The smallest absolute Gasteiger partial charge is 0.214 e. The molecule has 1 aromatic carbocycles. The van der Waals surface area contributed by atoms with Crippen LogP contribution >= 0.6 is 11.3 Å². The monoisotopic (exact) mass is 327 g/mol. The minimum Gasteiger partial charge on any atom is -0.492 e. The second-order valence-corrected chi connectivity index (χ2v) is 7.01. The Labute approximate surface area is 128 Å². The van der Waals surface area contributed by atoms with Gasteiger partial charge in [-0.15, -0.1) is 11.3 Å². The number of benzene rings is 1. The quantitative estimate of drug-likeness (QED) is 0.712. The Morgan fingerprint density at radius 3 is 2.95 bits per heavy atom. The molecule has 0 aliphatic heterocycles. The summed E-state index contributed by atoms with van der Waals surface area (Å²) in [6, 6.07) is 6.88. The molecular formula is C13H17N3O3S2. The number of aromatic nitrogens is 1. The van der Waals surface area contributed by atoms with Crippen molar-refractivity contribution in [2.24, 2.45) is 0 Å². The molecule has 21 heavy (non-hydrogen) atoms. The fraction of sp³-hybridized carbons (Fsp3) is 0.308. The highest BCUT2D eigenvalue weighted by atomic mass is 32.2. The Morgan fingerprint density at radius 1 is 1.38 bits per heavy atom. The van der Waals surface area contributed by atoms with Crippen LogP contribution < -0.4 is 15.2 Å². The number of thiazole rings is 1. The molecule has 0 saturated heterocycles. The molecule has 0 fully saturated rings. The Kier molecular flexibility index (Phi) is 5.54. The van der Waals surface area contributed by atoms with Crippen molar-refractivity contribution in [3.05, 3.63) is 40.8 Å². The lowest BCUT2D eigenvalue weighted by molar-refractivity contribution is 0.340. The van der Waals surface area contributed by atoms with E-state index in [1.807, 2.05) is 5.38 Å². The van der Waals surface area contributed by atoms with Crippen molar-refractivity contribution in [1.29, 1.82) is 0 Å². The molecule has 0 aliphatic rings. The molecule has 0 saturated carbocycles. The summed E-state index contributed by atoms with van der Waals surface area (Å²) in [5.74, 6) is 0.464. The highest BCUT2D eigenvalue weighted by molar-refractivity contribution is 7.89. The topological polar surface area (TPSA) is 94.3 Å². The van der Waals surface area contributed by atoms with Crippen LogP contribution in [0, 0.1) is 0 Å². The molecule has 0 amide bonds. The molecule has 0 spiro atoms. The van der Waals surface area contributed by atoms with Gasteiger partial charge in [0.2, 0.25) is 10.0 Å². The van der Waals surface area contributed by atoms with Crippen LogP contribution in [0.2, 0.25) is 0 Å². The highest BCUT2D eigenvalue weighted by Crippen LogP contribution is 2.14. The number of anilines is 1. The first kappa shape index (κ1) is 15.7.